The summed E-state index contributed by atoms with van der Waals surface area (Å²) in [7, 11) is 0. The van der Waals surface area contributed by atoms with Crippen LogP contribution in [0.15, 0.2) is 47.1 Å². The Morgan fingerprint density at radius 1 is 1.19 bits per heavy atom. The van der Waals surface area contributed by atoms with E-state index in [1.165, 1.54) is 12.8 Å². The van der Waals surface area contributed by atoms with Gasteiger partial charge in [-0.3, -0.25) is 9.69 Å². The fourth-order valence-electron chi connectivity index (χ4n) is 3.89. The fraction of sp³-hybridized carbons (Fsp3) is 0.500. The largest absolute Gasteiger partial charge is 0.468 e. The molecule has 1 aromatic heterocycles. The number of nitrogens with zero attached hydrogens (tertiary/aromatic N) is 2. The second-order valence-corrected chi connectivity index (χ2v) is 7.41. The molecule has 1 aromatic carbocycles. The van der Waals surface area contributed by atoms with Gasteiger partial charge in [0.05, 0.1) is 12.3 Å². The lowest BCUT2D eigenvalue weighted by Gasteiger charge is -2.27. The van der Waals surface area contributed by atoms with Crippen molar-refractivity contribution in [3.8, 4) is 0 Å². The third-order valence-corrected chi connectivity index (χ3v) is 5.33. The quantitative estimate of drug-likeness (QED) is 0.762. The molecule has 5 heteroatoms. The minimum Gasteiger partial charge on any atom is -0.468 e. The van der Waals surface area contributed by atoms with E-state index in [1.807, 2.05) is 36.4 Å². The fourth-order valence-corrected chi connectivity index (χ4v) is 3.89. The zero-order valence-corrected chi connectivity index (χ0v) is 16.6. The lowest BCUT2D eigenvalue weighted by Crippen LogP contribution is -2.36. The maximum absolute atomic E-state index is 12.6. The number of hydrogen-bond acceptors (Lipinski definition) is 4. The van der Waals surface area contributed by atoms with Crippen molar-refractivity contribution < 1.29 is 9.21 Å². The number of amides is 1. The van der Waals surface area contributed by atoms with Crippen molar-refractivity contribution >= 4 is 11.6 Å². The molecule has 1 saturated heterocycles. The summed E-state index contributed by atoms with van der Waals surface area (Å²) >= 11 is 0. The maximum atomic E-state index is 12.6. The molecule has 146 valence electrons. The Balaban J connectivity index is 1.63. The molecule has 1 atom stereocenters. The van der Waals surface area contributed by atoms with Crippen LogP contribution >= 0.6 is 0 Å². The second kappa shape index (κ2) is 9.09. The van der Waals surface area contributed by atoms with Crippen molar-refractivity contribution in [1.29, 1.82) is 0 Å². The first-order valence-corrected chi connectivity index (χ1v) is 10.0. The highest BCUT2D eigenvalue weighted by Crippen LogP contribution is 2.25. The highest BCUT2D eigenvalue weighted by Gasteiger charge is 2.26. The van der Waals surface area contributed by atoms with Crippen LogP contribution in [0.5, 0.6) is 0 Å². The Kier molecular flexibility index (Phi) is 6.56. The monoisotopic (exact) mass is 369 g/mol. The number of anilines is 1. The normalized spacial score (nSPS) is 15.9. The summed E-state index contributed by atoms with van der Waals surface area (Å²) < 4.78 is 5.62. The summed E-state index contributed by atoms with van der Waals surface area (Å²) in [5, 5.41) is 3.10. The number of likely N-dealkylation sites (tertiary alicyclic amines) is 1. The van der Waals surface area contributed by atoms with E-state index in [9.17, 15) is 4.79 Å². The molecule has 1 aliphatic rings. The van der Waals surface area contributed by atoms with Crippen LogP contribution in [0.25, 0.3) is 0 Å². The number of benzene rings is 1. The molecule has 1 aliphatic heterocycles. The molecular weight excluding hydrogens is 338 g/mol. The molecule has 1 unspecified atom stereocenters. The molecule has 0 radical (unpaired) electrons. The Hall–Kier alpha value is -2.27. The molecule has 0 spiro atoms. The summed E-state index contributed by atoms with van der Waals surface area (Å²) in [6.07, 6.45) is 4.11. The van der Waals surface area contributed by atoms with E-state index in [2.05, 4.69) is 35.9 Å². The van der Waals surface area contributed by atoms with Gasteiger partial charge >= 0.3 is 0 Å². The average Bonchev–Trinajstić information content (AvgIpc) is 3.37. The number of carbonyl (C=O) groups excluding carboxylic acids is 1. The standard InChI is InChI=1S/C22H31N3O2/c1-4-25(17(2)3)19-11-9-18(10-12-19)22(26)23-16-20(21-8-7-15-27-21)24-13-5-6-14-24/h7-12,15,17,20H,4-6,13-14,16H2,1-3H3,(H,23,26). The van der Waals surface area contributed by atoms with Gasteiger partial charge in [-0.1, -0.05) is 0 Å². The molecule has 1 N–H and O–H groups in total. The van der Waals surface area contributed by atoms with Gasteiger partial charge in [-0.2, -0.15) is 0 Å². The van der Waals surface area contributed by atoms with Gasteiger partial charge < -0.3 is 14.6 Å². The SMILES string of the molecule is CCN(c1ccc(C(=O)NCC(c2ccco2)N2CCCC2)cc1)C(C)C. The molecule has 1 fully saturated rings. The molecule has 2 heterocycles. The van der Waals surface area contributed by atoms with Gasteiger partial charge in [-0.25, -0.2) is 0 Å². The summed E-state index contributed by atoms with van der Waals surface area (Å²) in [4.78, 5) is 17.3. The van der Waals surface area contributed by atoms with Gasteiger partial charge in [0.1, 0.15) is 5.76 Å². The summed E-state index contributed by atoms with van der Waals surface area (Å²) in [5.41, 5.74) is 1.84. The molecule has 3 rings (SSSR count). The Labute approximate surface area is 162 Å². The molecule has 0 aliphatic carbocycles. The van der Waals surface area contributed by atoms with E-state index in [-0.39, 0.29) is 11.9 Å². The third kappa shape index (κ3) is 4.72. The van der Waals surface area contributed by atoms with Crippen molar-refractivity contribution in [3.05, 3.63) is 54.0 Å². The molecule has 27 heavy (non-hydrogen) atoms. The number of hydrogen-bond donors (Lipinski definition) is 1. The van der Waals surface area contributed by atoms with Gasteiger partial charge in [-0.05, 0) is 83.1 Å². The van der Waals surface area contributed by atoms with E-state index < -0.39 is 0 Å². The Morgan fingerprint density at radius 3 is 2.44 bits per heavy atom. The van der Waals surface area contributed by atoms with Crippen molar-refractivity contribution in [2.24, 2.45) is 0 Å². The lowest BCUT2D eigenvalue weighted by molar-refractivity contribution is 0.0934. The van der Waals surface area contributed by atoms with E-state index in [0.29, 0.717) is 18.2 Å². The minimum atomic E-state index is -0.0371. The Morgan fingerprint density at radius 2 is 1.89 bits per heavy atom. The van der Waals surface area contributed by atoms with Gasteiger partial charge in [0, 0.05) is 30.4 Å². The predicted molar refractivity (Wildman–Crippen MR) is 109 cm³/mol. The van der Waals surface area contributed by atoms with E-state index in [0.717, 1.165) is 31.1 Å². The summed E-state index contributed by atoms with van der Waals surface area (Å²) in [6.45, 7) is 10.1. The number of nitrogens with one attached hydrogen (secondary N) is 1. The lowest BCUT2D eigenvalue weighted by atomic mass is 10.1. The first-order valence-electron chi connectivity index (χ1n) is 10.0. The average molecular weight is 370 g/mol. The highest BCUT2D eigenvalue weighted by molar-refractivity contribution is 5.94. The number of carbonyl (C=O) groups is 1. The van der Waals surface area contributed by atoms with Crippen molar-refractivity contribution in [3.63, 3.8) is 0 Å². The highest BCUT2D eigenvalue weighted by atomic mass is 16.3. The predicted octanol–water partition coefficient (Wildman–Crippen LogP) is 4.08. The maximum Gasteiger partial charge on any atom is 0.251 e. The van der Waals surface area contributed by atoms with Crippen molar-refractivity contribution in [2.75, 3.05) is 31.1 Å². The number of furan rings is 1. The van der Waals surface area contributed by atoms with E-state index in [1.54, 1.807) is 6.26 Å². The number of rotatable bonds is 8. The van der Waals surface area contributed by atoms with Crippen LogP contribution in [0.2, 0.25) is 0 Å². The zero-order chi connectivity index (χ0) is 19.2. The first-order chi connectivity index (χ1) is 13.1. The van der Waals surface area contributed by atoms with E-state index in [4.69, 9.17) is 4.42 Å². The Bertz CT molecular complexity index is 704. The van der Waals surface area contributed by atoms with Crippen molar-refractivity contribution in [1.82, 2.24) is 10.2 Å². The van der Waals surface area contributed by atoms with Gasteiger partial charge in [-0.15, -0.1) is 0 Å². The molecule has 0 saturated carbocycles. The van der Waals surface area contributed by atoms with Crippen LogP contribution in [-0.2, 0) is 0 Å². The molecule has 5 nitrogen and oxygen atoms in total. The van der Waals surface area contributed by atoms with Gasteiger partial charge in [0.2, 0.25) is 0 Å². The van der Waals surface area contributed by atoms with Crippen LogP contribution in [0, 0.1) is 0 Å². The smallest absolute Gasteiger partial charge is 0.251 e. The van der Waals surface area contributed by atoms with Crippen LogP contribution in [-0.4, -0.2) is 43.0 Å². The third-order valence-electron chi connectivity index (χ3n) is 5.33. The molecule has 1 amide bonds. The molecular formula is C22H31N3O2. The zero-order valence-electron chi connectivity index (χ0n) is 16.6. The minimum absolute atomic E-state index is 0.0371. The van der Waals surface area contributed by atoms with E-state index >= 15 is 0 Å². The van der Waals surface area contributed by atoms with Crippen LogP contribution in [0.1, 0.15) is 55.8 Å². The van der Waals surface area contributed by atoms with Crippen LogP contribution in [0.3, 0.4) is 0 Å². The van der Waals surface area contributed by atoms with Crippen LogP contribution in [0.4, 0.5) is 5.69 Å². The topological polar surface area (TPSA) is 48.7 Å². The van der Waals surface area contributed by atoms with Crippen molar-refractivity contribution in [2.45, 2.75) is 45.7 Å². The second-order valence-electron chi connectivity index (χ2n) is 7.41. The summed E-state index contributed by atoms with van der Waals surface area (Å²) in [6, 6.07) is 12.3. The summed E-state index contributed by atoms with van der Waals surface area (Å²) in [5.74, 6) is 0.882. The van der Waals surface area contributed by atoms with Gasteiger partial charge in [0.15, 0.2) is 0 Å². The first kappa shape index (κ1) is 19.5. The molecule has 2 aromatic rings. The van der Waals surface area contributed by atoms with Gasteiger partial charge in [0.25, 0.3) is 5.91 Å². The molecule has 0 bridgehead atoms. The van der Waals surface area contributed by atoms with Crippen LogP contribution < -0.4 is 10.2 Å².